The van der Waals surface area contributed by atoms with Crippen LogP contribution >= 0.6 is 12.4 Å². The first kappa shape index (κ1) is 17.4. The third kappa shape index (κ3) is 4.68. The van der Waals surface area contributed by atoms with E-state index in [2.05, 4.69) is 15.6 Å². The van der Waals surface area contributed by atoms with Crippen molar-refractivity contribution in [2.75, 3.05) is 26.2 Å². The number of amides is 1. The largest absolute Gasteiger partial charge is 0.481 e. The van der Waals surface area contributed by atoms with E-state index in [1.54, 1.807) is 18.0 Å². The van der Waals surface area contributed by atoms with Gasteiger partial charge in [-0.2, -0.15) is 0 Å². The highest BCUT2D eigenvalue weighted by Gasteiger charge is 2.24. The SMILES string of the molecule is C[C@@H](C(=O)N1CCNCC1)n1cc(CCC(=O)O)nn1.Cl. The van der Waals surface area contributed by atoms with Crippen molar-refractivity contribution in [1.29, 1.82) is 0 Å². The van der Waals surface area contributed by atoms with Crippen molar-refractivity contribution >= 4 is 24.3 Å². The number of nitrogens with zero attached hydrogens (tertiary/aromatic N) is 4. The van der Waals surface area contributed by atoms with E-state index in [1.807, 2.05) is 0 Å². The Kier molecular flexibility index (Phi) is 6.57. The van der Waals surface area contributed by atoms with Crippen LogP contribution in [0, 0.1) is 0 Å². The molecule has 0 saturated carbocycles. The second kappa shape index (κ2) is 7.94. The molecule has 0 aromatic carbocycles. The minimum atomic E-state index is -0.871. The summed E-state index contributed by atoms with van der Waals surface area (Å²) in [6.45, 7) is 4.78. The van der Waals surface area contributed by atoms with E-state index in [0.29, 0.717) is 25.2 Å². The number of hydrogen-bond acceptors (Lipinski definition) is 5. The summed E-state index contributed by atoms with van der Waals surface area (Å²) in [5, 5.41) is 19.6. The van der Waals surface area contributed by atoms with Crippen molar-refractivity contribution in [2.45, 2.75) is 25.8 Å². The van der Waals surface area contributed by atoms with Crippen LogP contribution in [-0.4, -0.2) is 63.1 Å². The predicted molar refractivity (Wildman–Crippen MR) is 77.4 cm³/mol. The quantitative estimate of drug-likeness (QED) is 0.774. The molecule has 0 aliphatic carbocycles. The lowest BCUT2D eigenvalue weighted by Gasteiger charge is -2.29. The molecule has 2 rings (SSSR count). The van der Waals surface area contributed by atoms with E-state index in [-0.39, 0.29) is 24.7 Å². The Balaban J connectivity index is 0.00000220. The summed E-state index contributed by atoms with van der Waals surface area (Å²) in [6, 6.07) is -0.417. The number of carbonyl (C=O) groups excluding carboxylic acids is 1. The lowest BCUT2D eigenvalue weighted by molar-refractivity contribution is -0.137. The van der Waals surface area contributed by atoms with Crippen LogP contribution in [0.3, 0.4) is 0 Å². The normalized spacial score (nSPS) is 16.1. The van der Waals surface area contributed by atoms with Crippen LogP contribution in [0.15, 0.2) is 6.20 Å². The fraction of sp³-hybridized carbons (Fsp3) is 0.667. The van der Waals surface area contributed by atoms with Crippen molar-refractivity contribution in [3.05, 3.63) is 11.9 Å². The molecule has 1 aromatic heterocycles. The lowest BCUT2D eigenvalue weighted by Crippen LogP contribution is -2.48. The van der Waals surface area contributed by atoms with Gasteiger partial charge in [0.2, 0.25) is 5.91 Å². The summed E-state index contributed by atoms with van der Waals surface area (Å²) < 4.78 is 1.50. The summed E-state index contributed by atoms with van der Waals surface area (Å²) in [7, 11) is 0. The maximum atomic E-state index is 12.3. The molecule has 0 unspecified atom stereocenters. The van der Waals surface area contributed by atoms with Gasteiger partial charge in [0.25, 0.3) is 0 Å². The molecule has 1 atom stereocenters. The number of aryl methyl sites for hydroxylation is 1. The van der Waals surface area contributed by atoms with Crippen molar-refractivity contribution < 1.29 is 14.7 Å². The average molecular weight is 318 g/mol. The predicted octanol–water partition coefficient (Wildman–Crippen LogP) is -0.290. The molecular formula is C12H20ClN5O3. The van der Waals surface area contributed by atoms with Gasteiger partial charge in [0.15, 0.2) is 0 Å². The second-order valence-electron chi connectivity index (χ2n) is 4.83. The first-order valence-corrected chi connectivity index (χ1v) is 6.70. The van der Waals surface area contributed by atoms with Gasteiger partial charge in [0.1, 0.15) is 6.04 Å². The number of aromatic nitrogens is 3. The van der Waals surface area contributed by atoms with Crippen LogP contribution in [0.1, 0.15) is 25.1 Å². The van der Waals surface area contributed by atoms with Crippen LogP contribution < -0.4 is 5.32 Å². The van der Waals surface area contributed by atoms with Gasteiger partial charge >= 0.3 is 5.97 Å². The molecular weight excluding hydrogens is 298 g/mol. The standard InChI is InChI=1S/C12H19N5O3.ClH/c1-9(12(20)16-6-4-13-5-7-16)17-8-10(14-15-17)2-3-11(18)19;/h8-9,13H,2-7H2,1H3,(H,18,19);1H/t9-;/m0./s1. The Morgan fingerprint density at radius 1 is 1.43 bits per heavy atom. The van der Waals surface area contributed by atoms with E-state index >= 15 is 0 Å². The minimum Gasteiger partial charge on any atom is -0.481 e. The van der Waals surface area contributed by atoms with Crippen molar-refractivity contribution in [2.24, 2.45) is 0 Å². The van der Waals surface area contributed by atoms with E-state index in [4.69, 9.17) is 5.11 Å². The highest BCUT2D eigenvalue weighted by Crippen LogP contribution is 2.10. The molecule has 0 spiro atoms. The van der Waals surface area contributed by atoms with Crippen molar-refractivity contribution in [3.63, 3.8) is 0 Å². The number of carboxylic acids is 1. The van der Waals surface area contributed by atoms with Crippen LogP contribution in [0.25, 0.3) is 0 Å². The van der Waals surface area contributed by atoms with Crippen LogP contribution in [0.5, 0.6) is 0 Å². The molecule has 1 aromatic rings. The maximum absolute atomic E-state index is 12.3. The number of aliphatic carboxylic acids is 1. The summed E-state index contributed by atoms with van der Waals surface area (Å²) >= 11 is 0. The van der Waals surface area contributed by atoms with Gasteiger partial charge in [-0.3, -0.25) is 9.59 Å². The first-order chi connectivity index (χ1) is 9.58. The van der Waals surface area contributed by atoms with Gasteiger partial charge in [-0.1, -0.05) is 5.21 Å². The van der Waals surface area contributed by atoms with Crippen molar-refractivity contribution in [1.82, 2.24) is 25.2 Å². The Hall–Kier alpha value is -1.67. The van der Waals surface area contributed by atoms with Crippen LogP contribution in [0.4, 0.5) is 0 Å². The Morgan fingerprint density at radius 3 is 2.71 bits per heavy atom. The first-order valence-electron chi connectivity index (χ1n) is 6.70. The molecule has 0 bridgehead atoms. The second-order valence-corrected chi connectivity index (χ2v) is 4.83. The monoisotopic (exact) mass is 317 g/mol. The molecule has 118 valence electrons. The fourth-order valence-corrected chi connectivity index (χ4v) is 2.11. The topological polar surface area (TPSA) is 100 Å². The number of carboxylic acid groups (broad SMARTS) is 1. The van der Waals surface area contributed by atoms with Gasteiger partial charge in [0.05, 0.1) is 12.1 Å². The summed E-state index contributed by atoms with van der Waals surface area (Å²) in [5.41, 5.74) is 0.590. The number of carbonyl (C=O) groups is 2. The third-order valence-electron chi connectivity index (χ3n) is 3.34. The van der Waals surface area contributed by atoms with Crippen molar-refractivity contribution in [3.8, 4) is 0 Å². The maximum Gasteiger partial charge on any atom is 0.303 e. The minimum absolute atomic E-state index is 0. The van der Waals surface area contributed by atoms with Gasteiger partial charge in [-0.15, -0.1) is 17.5 Å². The van der Waals surface area contributed by atoms with E-state index < -0.39 is 12.0 Å². The lowest BCUT2D eigenvalue weighted by atomic mass is 10.2. The van der Waals surface area contributed by atoms with Gasteiger partial charge < -0.3 is 15.3 Å². The van der Waals surface area contributed by atoms with E-state index in [0.717, 1.165) is 13.1 Å². The molecule has 2 N–H and O–H groups in total. The molecule has 1 fully saturated rings. The van der Waals surface area contributed by atoms with Gasteiger partial charge in [-0.05, 0) is 6.92 Å². The Bertz CT molecular complexity index is 487. The zero-order valence-electron chi connectivity index (χ0n) is 11.9. The zero-order valence-corrected chi connectivity index (χ0v) is 12.7. The van der Waals surface area contributed by atoms with Gasteiger partial charge in [-0.25, -0.2) is 4.68 Å². The molecule has 2 heterocycles. The third-order valence-corrected chi connectivity index (χ3v) is 3.34. The van der Waals surface area contributed by atoms with Crippen LogP contribution in [-0.2, 0) is 16.0 Å². The average Bonchev–Trinajstić information content (AvgIpc) is 2.93. The highest BCUT2D eigenvalue weighted by molar-refractivity contribution is 5.85. The Morgan fingerprint density at radius 2 is 2.10 bits per heavy atom. The molecule has 8 nitrogen and oxygen atoms in total. The summed E-state index contributed by atoms with van der Waals surface area (Å²) in [5.74, 6) is -0.856. The summed E-state index contributed by atoms with van der Waals surface area (Å²) in [4.78, 5) is 24.6. The fourth-order valence-electron chi connectivity index (χ4n) is 2.11. The number of rotatable bonds is 5. The highest BCUT2D eigenvalue weighted by atomic mass is 35.5. The molecule has 21 heavy (non-hydrogen) atoms. The van der Waals surface area contributed by atoms with Gasteiger partial charge in [0, 0.05) is 38.8 Å². The van der Waals surface area contributed by atoms with E-state index in [9.17, 15) is 9.59 Å². The molecule has 1 aliphatic rings. The molecule has 1 amide bonds. The Labute approximate surface area is 128 Å². The van der Waals surface area contributed by atoms with E-state index in [1.165, 1.54) is 4.68 Å². The number of halogens is 1. The molecule has 1 aliphatic heterocycles. The number of nitrogens with one attached hydrogen (secondary N) is 1. The number of piperazine rings is 1. The molecule has 9 heteroatoms. The molecule has 0 radical (unpaired) electrons. The van der Waals surface area contributed by atoms with Crippen LogP contribution in [0.2, 0.25) is 0 Å². The number of hydrogen-bond donors (Lipinski definition) is 2. The summed E-state index contributed by atoms with van der Waals surface area (Å²) in [6.07, 6.45) is 1.98. The zero-order chi connectivity index (χ0) is 14.5. The smallest absolute Gasteiger partial charge is 0.303 e. The molecule has 1 saturated heterocycles.